The lowest BCUT2D eigenvalue weighted by atomic mass is 10.1. The van der Waals surface area contributed by atoms with Gasteiger partial charge in [0.05, 0.1) is 0 Å². The van der Waals surface area contributed by atoms with Crippen molar-refractivity contribution in [2.24, 2.45) is 0 Å². The fourth-order valence-electron chi connectivity index (χ4n) is 2.23. The van der Waals surface area contributed by atoms with E-state index in [4.69, 9.17) is 0 Å². The van der Waals surface area contributed by atoms with Gasteiger partial charge in [-0.1, -0.05) is 13.8 Å². The normalized spacial score (nSPS) is 10.9. The average Bonchev–Trinajstić information content (AvgIpc) is 2.30. The third-order valence-corrected chi connectivity index (χ3v) is 3.23. The monoisotopic (exact) mass is 235 g/mol. The van der Waals surface area contributed by atoms with Crippen LogP contribution in [0.4, 0.5) is 5.82 Å². The molecular formula is C14H25N3. The number of aryl methyl sites for hydroxylation is 1. The molecule has 0 atom stereocenters. The highest BCUT2D eigenvalue weighted by atomic mass is 15.2. The molecule has 1 aromatic rings. The summed E-state index contributed by atoms with van der Waals surface area (Å²) in [5, 5.41) is 3.19. The van der Waals surface area contributed by atoms with Gasteiger partial charge in [-0.3, -0.25) is 0 Å². The summed E-state index contributed by atoms with van der Waals surface area (Å²) < 4.78 is 0. The first-order chi connectivity index (χ1) is 8.12. The summed E-state index contributed by atoms with van der Waals surface area (Å²) in [5.74, 6) is 1.09. The van der Waals surface area contributed by atoms with E-state index >= 15 is 0 Å². The Hall–Kier alpha value is -1.09. The number of anilines is 1. The molecule has 0 amide bonds. The van der Waals surface area contributed by atoms with Gasteiger partial charge in [0.1, 0.15) is 5.82 Å². The van der Waals surface area contributed by atoms with Gasteiger partial charge >= 0.3 is 0 Å². The minimum Gasteiger partial charge on any atom is -0.357 e. The van der Waals surface area contributed by atoms with E-state index in [1.165, 1.54) is 5.56 Å². The second-order valence-electron chi connectivity index (χ2n) is 4.59. The van der Waals surface area contributed by atoms with E-state index in [0.717, 1.165) is 30.9 Å². The summed E-state index contributed by atoms with van der Waals surface area (Å²) >= 11 is 0. The molecule has 1 N–H and O–H groups in total. The minimum absolute atomic E-state index is 0.576. The Kier molecular flexibility index (Phi) is 5.42. The zero-order valence-electron chi connectivity index (χ0n) is 11.7. The van der Waals surface area contributed by atoms with Gasteiger partial charge in [-0.05, 0) is 44.5 Å². The van der Waals surface area contributed by atoms with Crippen LogP contribution in [-0.2, 0) is 6.54 Å². The molecule has 0 spiro atoms. The first-order valence-corrected chi connectivity index (χ1v) is 6.47. The summed E-state index contributed by atoms with van der Waals surface area (Å²) in [6, 6.07) is 4.90. The maximum atomic E-state index is 4.63. The molecule has 0 bridgehead atoms. The van der Waals surface area contributed by atoms with E-state index in [-0.39, 0.29) is 0 Å². The molecule has 0 fully saturated rings. The van der Waals surface area contributed by atoms with Gasteiger partial charge in [0.15, 0.2) is 0 Å². The molecule has 0 aliphatic carbocycles. The van der Waals surface area contributed by atoms with Crippen molar-refractivity contribution in [1.29, 1.82) is 0 Å². The number of hydrogen-bond acceptors (Lipinski definition) is 3. The molecule has 0 radical (unpaired) electrons. The van der Waals surface area contributed by atoms with Gasteiger partial charge in [0.25, 0.3) is 0 Å². The molecule has 0 saturated carbocycles. The van der Waals surface area contributed by atoms with Crippen molar-refractivity contribution in [3.05, 3.63) is 23.4 Å². The Bertz CT molecular complexity index is 345. The predicted molar refractivity (Wildman–Crippen MR) is 74.5 cm³/mol. The standard InChI is InChI=1S/C14H25N3/c1-6-13(7-2)17(5)14-9-12(10-15-4)8-11(3)16-14/h8-9,13,15H,6-7,10H2,1-5H3. The second-order valence-corrected chi connectivity index (χ2v) is 4.59. The Labute approximate surface area is 105 Å². The topological polar surface area (TPSA) is 28.2 Å². The van der Waals surface area contributed by atoms with E-state index in [1.54, 1.807) is 0 Å². The van der Waals surface area contributed by atoms with Crippen molar-refractivity contribution in [3.63, 3.8) is 0 Å². The van der Waals surface area contributed by atoms with Crippen LogP contribution in [0.3, 0.4) is 0 Å². The average molecular weight is 235 g/mol. The molecule has 1 rings (SSSR count). The van der Waals surface area contributed by atoms with Crippen molar-refractivity contribution in [1.82, 2.24) is 10.3 Å². The smallest absolute Gasteiger partial charge is 0.129 e. The highest BCUT2D eigenvalue weighted by molar-refractivity contribution is 5.42. The lowest BCUT2D eigenvalue weighted by Gasteiger charge is -2.28. The zero-order chi connectivity index (χ0) is 12.8. The number of pyridine rings is 1. The van der Waals surface area contributed by atoms with Gasteiger partial charge in [0, 0.05) is 25.3 Å². The van der Waals surface area contributed by atoms with Crippen LogP contribution in [0.5, 0.6) is 0 Å². The van der Waals surface area contributed by atoms with E-state index in [0.29, 0.717) is 6.04 Å². The Balaban J connectivity index is 2.95. The summed E-state index contributed by atoms with van der Waals surface area (Å²) in [7, 11) is 4.11. The highest BCUT2D eigenvalue weighted by Crippen LogP contribution is 2.18. The second kappa shape index (κ2) is 6.60. The molecule has 0 aromatic carbocycles. The summed E-state index contributed by atoms with van der Waals surface area (Å²) in [6.45, 7) is 7.42. The van der Waals surface area contributed by atoms with Crippen molar-refractivity contribution < 1.29 is 0 Å². The van der Waals surface area contributed by atoms with Crippen LogP contribution in [-0.4, -0.2) is 25.1 Å². The number of nitrogens with one attached hydrogen (secondary N) is 1. The van der Waals surface area contributed by atoms with Gasteiger partial charge in [-0.25, -0.2) is 4.98 Å². The third kappa shape index (κ3) is 3.70. The maximum Gasteiger partial charge on any atom is 0.129 e. The van der Waals surface area contributed by atoms with Gasteiger partial charge in [-0.2, -0.15) is 0 Å². The van der Waals surface area contributed by atoms with Crippen molar-refractivity contribution >= 4 is 5.82 Å². The maximum absolute atomic E-state index is 4.63. The first-order valence-electron chi connectivity index (χ1n) is 6.47. The van der Waals surface area contributed by atoms with Crippen LogP contribution in [0, 0.1) is 6.92 Å². The summed E-state index contributed by atoms with van der Waals surface area (Å²) in [4.78, 5) is 6.93. The molecule has 1 aromatic heterocycles. The summed E-state index contributed by atoms with van der Waals surface area (Å²) in [6.07, 6.45) is 2.31. The molecule has 96 valence electrons. The van der Waals surface area contributed by atoms with Crippen LogP contribution < -0.4 is 10.2 Å². The van der Waals surface area contributed by atoms with Crippen LogP contribution in [0.15, 0.2) is 12.1 Å². The predicted octanol–water partition coefficient (Wildman–Crippen LogP) is 2.73. The Morgan fingerprint density at radius 3 is 2.47 bits per heavy atom. The lowest BCUT2D eigenvalue weighted by molar-refractivity contribution is 0.586. The third-order valence-electron chi connectivity index (χ3n) is 3.23. The zero-order valence-corrected chi connectivity index (χ0v) is 11.7. The number of hydrogen-bond donors (Lipinski definition) is 1. The van der Waals surface area contributed by atoms with Gasteiger partial charge < -0.3 is 10.2 Å². The number of nitrogens with zero attached hydrogens (tertiary/aromatic N) is 2. The van der Waals surface area contributed by atoms with Crippen LogP contribution in [0.2, 0.25) is 0 Å². The fraction of sp³-hybridized carbons (Fsp3) is 0.643. The minimum atomic E-state index is 0.576. The quantitative estimate of drug-likeness (QED) is 0.821. The van der Waals surface area contributed by atoms with Crippen molar-refractivity contribution in [3.8, 4) is 0 Å². The first kappa shape index (κ1) is 14.0. The molecule has 0 aliphatic heterocycles. The Morgan fingerprint density at radius 2 is 1.94 bits per heavy atom. The van der Waals surface area contributed by atoms with E-state index in [1.807, 2.05) is 7.05 Å². The highest BCUT2D eigenvalue weighted by Gasteiger charge is 2.13. The number of aromatic nitrogens is 1. The molecule has 0 saturated heterocycles. The van der Waals surface area contributed by atoms with Gasteiger partial charge in [0.2, 0.25) is 0 Å². The molecule has 3 heteroatoms. The molecule has 17 heavy (non-hydrogen) atoms. The number of rotatable bonds is 6. The van der Waals surface area contributed by atoms with Crippen LogP contribution >= 0.6 is 0 Å². The largest absolute Gasteiger partial charge is 0.357 e. The Morgan fingerprint density at radius 1 is 1.29 bits per heavy atom. The van der Waals surface area contributed by atoms with Crippen molar-refractivity contribution in [2.45, 2.75) is 46.2 Å². The van der Waals surface area contributed by atoms with E-state index in [2.05, 4.69) is 55.2 Å². The van der Waals surface area contributed by atoms with Gasteiger partial charge in [-0.15, -0.1) is 0 Å². The molecule has 0 aliphatic rings. The molecule has 1 heterocycles. The van der Waals surface area contributed by atoms with Crippen LogP contribution in [0.25, 0.3) is 0 Å². The van der Waals surface area contributed by atoms with Crippen LogP contribution in [0.1, 0.15) is 37.9 Å². The molecule has 0 unspecified atom stereocenters. The SMILES string of the molecule is CCC(CC)N(C)c1cc(CNC)cc(C)n1. The van der Waals surface area contributed by atoms with E-state index in [9.17, 15) is 0 Å². The lowest BCUT2D eigenvalue weighted by Crippen LogP contribution is -2.31. The fourth-order valence-corrected chi connectivity index (χ4v) is 2.23. The van der Waals surface area contributed by atoms with E-state index < -0.39 is 0 Å². The molecule has 3 nitrogen and oxygen atoms in total. The summed E-state index contributed by atoms with van der Waals surface area (Å²) in [5.41, 5.74) is 2.39. The molecular weight excluding hydrogens is 210 g/mol. The van der Waals surface area contributed by atoms with Crippen molar-refractivity contribution in [2.75, 3.05) is 19.0 Å².